The van der Waals surface area contributed by atoms with Gasteiger partial charge in [0.2, 0.25) is 0 Å². The molecule has 1 N–H and O–H groups in total. The van der Waals surface area contributed by atoms with Crippen LogP contribution in [-0.4, -0.2) is 10.9 Å². The summed E-state index contributed by atoms with van der Waals surface area (Å²) in [6.45, 7) is 3.60. The predicted octanol–water partition coefficient (Wildman–Crippen LogP) is 2.67. The van der Waals surface area contributed by atoms with Crippen molar-refractivity contribution in [2.24, 2.45) is 0 Å². The number of phenols is 1. The van der Waals surface area contributed by atoms with Gasteiger partial charge >= 0.3 is 0 Å². The van der Waals surface area contributed by atoms with Crippen molar-refractivity contribution in [1.29, 1.82) is 0 Å². The van der Waals surface area contributed by atoms with Crippen LogP contribution < -0.4 is 0 Å². The Morgan fingerprint density at radius 3 is 2.82 bits per heavy atom. The van der Waals surface area contributed by atoms with Crippen LogP contribution in [0, 0.1) is 0 Å². The molecular weight excluding hydrogens is 156 g/mol. The number of phenolic OH excluding ortho intramolecular Hbond substituents is 1. The summed E-state index contributed by atoms with van der Waals surface area (Å²) in [6, 6.07) is 7.30. The van der Waals surface area contributed by atoms with Crippen LogP contribution in [0.4, 0.5) is 0 Å². The van der Waals surface area contributed by atoms with Crippen molar-refractivity contribution in [3.8, 4) is 5.75 Å². The van der Waals surface area contributed by atoms with E-state index < -0.39 is 0 Å². The topological polar surface area (TPSA) is 20.2 Å². The lowest BCUT2D eigenvalue weighted by Gasteiger charge is -1.99. The Balaban J connectivity index is 2.69. The van der Waals surface area contributed by atoms with Gasteiger partial charge in [0.1, 0.15) is 5.75 Å². The Kier molecular flexibility index (Phi) is 3.05. The van der Waals surface area contributed by atoms with E-state index in [4.69, 9.17) is 0 Å². The highest BCUT2D eigenvalue weighted by Gasteiger charge is 1.96. The first kappa shape index (κ1) is 8.21. The van der Waals surface area contributed by atoms with Crippen LogP contribution >= 0.6 is 11.8 Å². The highest BCUT2D eigenvalue weighted by Crippen LogP contribution is 2.27. The van der Waals surface area contributed by atoms with Gasteiger partial charge in [0.05, 0.1) is 0 Å². The van der Waals surface area contributed by atoms with Crippen molar-refractivity contribution in [2.45, 2.75) is 4.90 Å². The van der Waals surface area contributed by atoms with Crippen LogP contribution in [0.15, 0.2) is 41.8 Å². The molecule has 1 aromatic carbocycles. The van der Waals surface area contributed by atoms with Crippen LogP contribution in [0.1, 0.15) is 0 Å². The van der Waals surface area contributed by atoms with Gasteiger partial charge in [-0.3, -0.25) is 0 Å². The summed E-state index contributed by atoms with van der Waals surface area (Å²) < 4.78 is 0. The molecule has 0 heterocycles. The zero-order valence-electron chi connectivity index (χ0n) is 6.16. The molecule has 58 valence electrons. The molecule has 1 rings (SSSR count). The highest BCUT2D eigenvalue weighted by molar-refractivity contribution is 7.99. The van der Waals surface area contributed by atoms with Gasteiger partial charge in [-0.1, -0.05) is 18.2 Å². The summed E-state index contributed by atoms with van der Waals surface area (Å²) in [5, 5.41) is 9.28. The van der Waals surface area contributed by atoms with Crippen LogP contribution in [0.5, 0.6) is 5.75 Å². The minimum absolute atomic E-state index is 0.347. The largest absolute Gasteiger partial charge is 0.507 e. The molecule has 2 heteroatoms. The fourth-order valence-electron chi connectivity index (χ4n) is 0.728. The Bertz CT molecular complexity index is 245. The molecule has 0 saturated carbocycles. The second kappa shape index (κ2) is 4.09. The van der Waals surface area contributed by atoms with Crippen molar-refractivity contribution in [3.63, 3.8) is 0 Å². The third-order valence-corrected chi connectivity index (χ3v) is 2.28. The van der Waals surface area contributed by atoms with E-state index in [0.29, 0.717) is 5.75 Å². The molecule has 0 amide bonds. The molecule has 1 nitrogen and oxygen atoms in total. The van der Waals surface area contributed by atoms with Gasteiger partial charge < -0.3 is 5.11 Å². The molecule has 0 aliphatic rings. The van der Waals surface area contributed by atoms with E-state index >= 15 is 0 Å². The third-order valence-electron chi connectivity index (χ3n) is 1.22. The Morgan fingerprint density at radius 2 is 2.18 bits per heavy atom. The molecule has 0 aromatic heterocycles. The van der Waals surface area contributed by atoms with Crippen molar-refractivity contribution in [2.75, 3.05) is 5.75 Å². The van der Waals surface area contributed by atoms with Gasteiger partial charge in [-0.15, -0.1) is 18.3 Å². The number of benzene rings is 1. The fraction of sp³-hybridized carbons (Fsp3) is 0.111. The van der Waals surface area contributed by atoms with Gasteiger partial charge in [0.25, 0.3) is 0 Å². The van der Waals surface area contributed by atoms with Crippen molar-refractivity contribution >= 4 is 11.8 Å². The second-order valence-corrected chi connectivity index (χ2v) is 3.13. The lowest BCUT2D eigenvalue weighted by Crippen LogP contribution is -1.73. The van der Waals surface area contributed by atoms with E-state index in [9.17, 15) is 5.11 Å². The molecule has 0 aliphatic heterocycles. The number of hydrogen-bond donors (Lipinski definition) is 1. The van der Waals surface area contributed by atoms with Crippen LogP contribution in [0.25, 0.3) is 0 Å². The first-order chi connectivity index (χ1) is 5.34. The molecule has 1 aromatic rings. The quantitative estimate of drug-likeness (QED) is 0.550. The zero-order valence-corrected chi connectivity index (χ0v) is 6.97. The number of para-hydroxylation sites is 1. The average molecular weight is 166 g/mol. The lowest BCUT2D eigenvalue weighted by molar-refractivity contribution is 0.462. The number of aromatic hydroxyl groups is 1. The molecule has 0 radical (unpaired) electrons. The van der Waals surface area contributed by atoms with Gasteiger partial charge in [-0.05, 0) is 12.1 Å². The summed E-state index contributed by atoms with van der Waals surface area (Å²) >= 11 is 1.58. The number of hydrogen-bond acceptors (Lipinski definition) is 2. The summed E-state index contributed by atoms with van der Waals surface area (Å²) in [6.07, 6.45) is 1.82. The third kappa shape index (κ3) is 2.31. The van der Waals surface area contributed by atoms with Crippen LogP contribution in [0.3, 0.4) is 0 Å². The van der Waals surface area contributed by atoms with Crippen LogP contribution in [0.2, 0.25) is 0 Å². The first-order valence-corrected chi connectivity index (χ1v) is 4.35. The summed E-state index contributed by atoms with van der Waals surface area (Å²) in [5.41, 5.74) is 0. The molecule has 0 bridgehead atoms. The maximum absolute atomic E-state index is 9.28. The zero-order chi connectivity index (χ0) is 8.10. The molecule has 0 atom stereocenters. The van der Waals surface area contributed by atoms with E-state index in [2.05, 4.69) is 6.58 Å². The minimum atomic E-state index is 0.347. The van der Waals surface area contributed by atoms with E-state index in [1.54, 1.807) is 17.8 Å². The van der Waals surface area contributed by atoms with Gasteiger partial charge in [-0.25, -0.2) is 0 Å². The molecule has 0 fully saturated rings. The average Bonchev–Trinajstić information content (AvgIpc) is 2.03. The summed E-state index contributed by atoms with van der Waals surface area (Å²) in [5.74, 6) is 1.18. The Morgan fingerprint density at radius 1 is 1.45 bits per heavy atom. The van der Waals surface area contributed by atoms with E-state index in [0.717, 1.165) is 10.6 Å². The maximum atomic E-state index is 9.28. The standard InChI is InChI=1S/C9H10OS/c1-2-7-11-9-6-4-3-5-8(9)10/h2-6,10H,1,7H2. The van der Waals surface area contributed by atoms with Crippen molar-refractivity contribution in [1.82, 2.24) is 0 Å². The maximum Gasteiger partial charge on any atom is 0.129 e. The minimum Gasteiger partial charge on any atom is -0.507 e. The van der Waals surface area contributed by atoms with Crippen molar-refractivity contribution < 1.29 is 5.11 Å². The first-order valence-electron chi connectivity index (χ1n) is 3.36. The second-order valence-electron chi connectivity index (χ2n) is 2.07. The van der Waals surface area contributed by atoms with Gasteiger partial charge in [0.15, 0.2) is 0 Å². The molecule has 0 unspecified atom stereocenters. The SMILES string of the molecule is C=CCSc1ccccc1O. The normalized spacial score (nSPS) is 9.45. The molecule has 0 spiro atoms. The Hall–Kier alpha value is -0.890. The number of rotatable bonds is 3. The smallest absolute Gasteiger partial charge is 0.129 e. The fourth-order valence-corrected chi connectivity index (χ4v) is 1.42. The number of thioether (sulfide) groups is 1. The summed E-state index contributed by atoms with van der Waals surface area (Å²) in [7, 11) is 0. The highest BCUT2D eigenvalue weighted by atomic mass is 32.2. The Labute approximate surface area is 70.8 Å². The lowest BCUT2D eigenvalue weighted by atomic mass is 10.3. The molecule has 0 saturated heterocycles. The van der Waals surface area contributed by atoms with Gasteiger partial charge in [-0.2, -0.15) is 0 Å². The predicted molar refractivity (Wildman–Crippen MR) is 49.0 cm³/mol. The van der Waals surface area contributed by atoms with E-state index in [1.165, 1.54) is 0 Å². The van der Waals surface area contributed by atoms with Crippen molar-refractivity contribution in [3.05, 3.63) is 36.9 Å². The molecule has 11 heavy (non-hydrogen) atoms. The monoisotopic (exact) mass is 166 g/mol. The van der Waals surface area contributed by atoms with E-state index in [-0.39, 0.29) is 0 Å². The molecular formula is C9H10OS. The van der Waals surface area contributed by atoms with Crippen LogP contribution in [-0.2, 0) is 0 Å². The molecule has 0 aliphatic carbocycles. The summed E-state index contributed by atoms with van der Waals surface area (Å²) in [4.78, 5) is 0.910. The van der Waals surface area contributed by atoms with Gasteiger partial charge in [0, 0.05) is 10.6 Å². The van der Waals surface area contributed by atoms with E-state index in [1.807, 2.05) is 24.3 Å².